The number of hydrogen-bond acceptors (Lipinski definition) is 5. The van der Waals surface area contributed by atoms with Crippen molar-refractivity contribution in [2.45, 2.75) is 31.8 Å². The molecule has 0 bridgehead atoms. The molecule has 1 unspecified atom stereocenters. The molecule has 1 fully saturated rings. The maximum absolute atomic E-state index is 11.0. The molecule has 6 heteroatoms. The Bertz CT molecular complexity index is 738. The first-order chi connectivity index (χ1) is 13.1. The van der Waals surface area contributed by atoms with Gasteiger partial charge >= 0.3 is 5.97 Å². The van der Waals surface area contributed by atoms with Crippen LogP contribution in [0.4, 0.5) is 0 Å². The second-order valence-corrected chi connectivity index (χ2v) is 7.07. The van der Waals surface area contributed by atoms with Gasteiger partial charge < -0.3 is 9.84 Å². The molecular formula is C21H27N3O3. The van der Waals surface area contributed by atoms with E-state index in [0.717, 1.165) is 56.0 Å². The molecule has 3 rings (SSSR count). The quantitative estimate of drug-likeness (QED) is 0.808. The first kappa shape index (κ1) is 19.3. The molecule has 0 aliphatic carbocycles. The van der Waals surface area contributed by atoms with Gasteiger partial charge in [-0.25, -0.2) is 0 Å². The summed E-state index contributed by atoms with van der Waals surface area (Å²) in [6.07, 6.45) is 6.53. The summed E-state index contributed by atoms with van der Waals surface area (Å²) in [4.78, 5) is 19.5. The highest BCUT2D eigenvalue weighted by atomic mass is 16.5. The topological polar surface area (TPSA) is 65.9 Å². The number of likely N-dealkylation sites (N-methyl/N-ethyl adjacent to an activating group) is 1. The van der Waals surface area contributed by atoms with Crippen LogP contribution in [0.15, 0.2) is 48.8 Å². The van der Waals surface area contributed by atoms with Gasteiger partial charge in [0.1, 0.15) is 11.5 Å². The number of ether oxygens (including phenoxy) is 1. The van der Waals surface area contributed by atoms with Crippen molar-refractivity contribution in [3.05, 3.63) is 54.4 Å². The summed E-state index contributed by atoms with van der Waals surface area (Å²) in [7, 11) is 1.91. The first-order valence-electron chi connectivity index (χ1n) is 9.42. The van der Waals surface area contributed by atoms with Crippen LogP contribution < -0.4 is 4.74 Å². The highest BCUT2D eigenvalue weighted by molar-refractivity contribution is 5.69. The van der Waals surface area contributed by atoms with E-state index in [1.807, 2.05) is 42.3 Å². The molecule has 2 heterocycles. The van der Waals surface area contributed by atoms with Crippen LogP contribution in [-0.4, -0.2) is 58.6 Å². The molecule has 1 saturated heterocycles. The lowest BCUT2D eigenvalue weighted by molar-refractivity contribution is -0.138. The number of pyridine rings is 1. The van der Waals surface area contributed by atoms with Gasteiger partial charge in [-0.1, -0.05) is 18.2 Å². The minimum Gasteiger partial charge on any atom is -0.480 e. The van der Waals surface area contributed by atoms with Gasteiger partial charge in [0.2, 0.25) is 0 Å². The third kappa shape index (κ3) is 5.77. The average molecular weight is 369 g/mol. The lowest BCUT2D eigenvalue weighted by atomic mass is 10.1. The van der Waals surface area contributed by atoms with E-state index in [9.17, 15) is 4.79 Å². The maximum atomic E-state index is 11.0. The number of nitrogens with zero attached hydrogens (tertiary/aromatic N) is 3. The normalized spacial score (nSPS) is 18.2. The van der Waals surface area contributed by atoms with Crippen LogP contribution in [0.5, 0.6) is 11.5 Å². The van der Waals surface area contributed by atoms with Crippen LogP contribution in [0.1, 0.15) is 24.8 Å². The smallest absolute Gasteiger partial charge is 0.317 e. The van der Waals surface area contributed by atoms with Crippen LogP contribution in [0.25, 0.3) is 0 Å². The second-order valence-electron chi connectivity index (χ2n) is 7.07. The van der Waals surface area contributed by atoms with Gasteiger partial charge in [-0.2, -0.15) is 0 Å². The average Bonchev–Trinajstić information content (AvgIpc) is 2.89. The fourth-order valence-corrected chi connectivity index (χ4v) is 3.59. The van der Waals surface area contributed by atoms with Crippen molar-refractivity contribution in [2.75, 3.05) is 26.7 Å². The zero-order chi connectivity index (χ0) is 19.1. The number of aliphatic carboxylic acids is 1. The number of aromatic nitrogens is 1. The Balaban J connectivity index is 1.61. The third-order valence-corrected chi connectivity index (χ3v) is 5.03. The van der Waals surface area contributed by atoms with E-state index in [-0.39, 0.29) is 6.54 Å². The Morgan fingerprint density at radius 3 is 2.89 bits per heavy atom. The van der Waals surface area contributed by atoms with Crippen LogP contribution >= 0.6 is 0 Å². The molecule has 2 aromatic rings. The van der Waals surface area contributed by atoms with Gasteiger partial charge in [0.25, 0.3) is 0 Å². The minimum atomic E-state index is -0.764. The highest BCUT2D eigenvalue weighted by Gasteiger charge is 2.22. The first-order valence-corrected chi connectivity index (χ1v) is 9.42. The van der Waals surface area contributed by atoms with Crippen molar-refractivity contribution in [3.8, 4) is 11.5 Å². The van der Waals surface area contributed by atoms with Crippen LogP contribution in [0.2, 0.25) is 0 Å². The number of rotatable bonds is 7. The molecule has 1 aromatic carbocycles. The zero-order valence-electron chi connectivity index (χ0n) is 15.8. The number of carbonyl (C=O) groups is 1. The summed E-state index contributed by atoms with van der Waals surface area (Å²) in [6.45, 7) is 2.90. The molecule has 0 amide bonds. The summed E-state index contributed by atoms with van der Waals surface area (Å²) >= 11 is 0. The van der Waals surface area contributed by atoms with Crippen LogP contribution in [-0.2, 0) is 11.3 Å². The second kappa shape index (κ2) is 9.48. The van der Waals surface area contributed by atoms with Gasteiger partial charge in [0.15, 0.2) is 0 Å². The molecule has 144 valence electrons. The van der Waals surface area contributed by atoms with Gasteiger partial charge in [-0.05, 0) is 57.6 Å². The lowest BCUT2D eigenvalue weighted by Gasteiger charge is -2.26. The fraction of sp³-hybridized carbons (Fsp3) is 0.429. The highest BCUT2D eigenvalue weighted by Crippen LogP contribution is 2.26. The van der Waals surface area contributed by atoms with Crippen molar-refractivity contribution in [3.63, 3.8) is 0 Å². The number of carboxylic acid groups (broad SMARTS) is 1. The van der Waals surface area contributed by atoms with E-state index in [1.54, 1.807) is 12.4 Å². The van der Waals surface area contributed by atoms with E-state index >= 15 is 0 Å². The number of para-hydroxylation sites is 1. The molecule has 1 aliphatic heterocycles. The molecule has 27 heavy (non-hydrogen) atoms. The number of likely N-dealkylation sites (tertiary alicyclic amines) is 1. The number of carboxylic acids is 1. The SMILES string of the molecule is CN(CC(=O)O)C1CCCN(Cc2ccccc2Oc2cccnc2)CC1. The molecule has 1 aliphatic rings. The van der Waals surface area contributed by atoms with Gasteiger partial charge in [-0.3, -0.25) is 19.6 Å². The van der Waals surface area contributed by atoms with Crippen LogP contribution in [0, 0.1) is 0 Å². The Hall–Kier alpha value is -2.44. The predicted molar refractivity (Wildman–Crippen MR) is 104 cm³/mol. The molecule has 6 nitrogen and oxygen atoms in total. The monoisotopic (exact) mass is 369 g/mol. The Kier molecular flexibility index (Phi) is 6.79. The summed E-state index contributed by atoms with van der Waals surface area (Å²) in [5, 5.41) is 9.01. The molecule has 0 radical (unpaired) electrons. The number of benzene rings is 1. The maximum Gasteiger partial charge on any atom is 0.317 e. The van der Waals surface area contributed by atoms with Crippen molar-refractivity contribution in [2.24, 2.45) is 0 Å². The summed E-state index contributed by atoms with van der Waals surface area (Å²) < 4.78 is 6.02. The summed E-state index contributed by atoms with van der Waals surface area (Å²) in [5.74, 6) is 0.825. The van der Waals surface area contributed by atoms with Gasteiger partial charge in [-0.15, -0.1) is 0 Å². The van der Waals surface area contributed by atoms with E-state index in [2.05, 4.69) is 16.0 Å². The van der Waals surface area contributed by atoms with Crippen molar-refractivity contribution in [1.29, 1.82) is 0 Å². The number of hydrogen-bond donors (Lipinski definition) is 1. The molecular weight excluding hydrogens is 342 g/mol. The minimum absolute atomic E-state index is 0.104. The van der Waals surface area contributed by atoms with E-state index in [4.69, 9.17) is 9.84 Å². The largest absolute Gasteiger partial charge is 0.480 e. The summed E-state index contributed by atoms with van der Waals surface area (Å²) in [6, 6.07) is 12.2. The Morgan fingerprint density at radius 1 is 1.26 bits per heavy atom. The van der Waals surface area contributed by atoms with E-state index in [0.29, 0.717) is 6.04 Å². The van der Waals surface area contributed by atoms with Gasteiger partial charge in [0, 0.05) is 24.3 Å². The lowest BCUT2D eigenvalue weighted by Crippen LogP contribution is -2.36. The fourth-order valence-electron chi connectivity index (χ4n) is 3.59. The Morgan fingerprint density at radius 2 is 2.11 bits per heavy atom. The van der Waals surface area contributed by atoms with E-state index in [1.165, 1.54) is 0 Å². The molecule has 1 aromatic heterocycles. The van der Waals surface area contributed by atoms with E-state index < -0.39 is 5.97 Å². The van der Waals surface area contributed by atoms with Crippen molar-refractivity contribution < 1.29 is 14.6 Å². The van der Waals surface area contributed by atoms with Crippen molar-refractivity contribution in [1.82, 2.24) is 14.8 Å². The third-order valence-electron chi connectivity index (χ3n) is 5.03. The van der Waals surface area contributed by atoms with Crippen molar-refractivity contribution >= 4 is 5.97 Å². The molecule has 0 spiro atoms. The summed E-state index contributed by atoms with van der Waals surface area (Å²) in [5.41, 5.74) is 1.15. The Labute approximate surface area is 160 Å². The molecule has 0 saturated carbocycles. The zero-order valence-corrected chi connectivity index (χ0v) is 15.8. The standard InChI is InChI=1S/C21H27N3O3/c1-23(16-21(25)26)18-7-5-12-24(13-10-18)15-17-6-2-3-9-20(17)27-19-8-4-11-22-14-19/h2-4,6,8-9,11,14,18H,5,7,10,12-13,15-16H2,1H3,(H,25,26). The van der Waals surface area contributed by atoms with Gasteiger partial charge in [0.05, 0.1) is 12.7 Å². The predicted octanol–water partition coefficient (Wildman–Crippen LogP) is 3.24. The molecule has 1 atom stereocenters. The molecule has 1 N–H and O–H groups in total. The van der Waals surface area contributed by atoms with Crippen LogP contribution in [0.3, 0.4) is 0 Å².